The molecule has 0 aromatic heterocycles. The number of hydrogen-bond acceptors (Lipinski definition) is 1. The van der Waals surface area contributed by atoms with E-state index in [1.54, 1.807) is 25.1 Å². The third-order valence-corrected chi connectivity index (χ3v) is 3.67. The van der Waals surface area contributed by atoms with E-state index in [1.807, 2.05) is 22.6 Å². The molecule has 0 saturated carbocycles. The van der Waals surface area contributed by atoms with E-state index in [9.17, 15) is 18.0 Å². The first-order valence-electron chi connectivity index (χ1n) is 5.55. The second-order valence-corrected chi connectivity index (χ2v) is 6.07. The van der Waals surface area contributed by atoms with Gasteiger partial charge in [-0.1, -0.05) is 6.92 Å². The molecule has 0 aliphatic rings. The Kier molecular flexibility index (Phi) is 6.10. The molecule has 0 saturated heterocycles. The van der Waals surface area contributed by atoms with Gasteiger partial charge in [0, 0.05) is 14.6 Å². The standard InChI is InChI=1S/C12H12BrF3INO/c1-2-5-18(7-12(14,15)16)11(19)9-6-8(17)3-4-10(9)13/h3-4,6H,2,5,7H2,1H3. The van der Waals surface area contributed by atoms with Crippen molar-refractivity contribution in [2.45, 2.75) is 19.5 Å². The Bertz CT molecular complexity index is 465. The normalized spacial score (nSPS) is 11.5. The molecule has 0 heterocycles. The maximum Gasteiger partial charge on any atom is 0.406 e. The number of rotatable bonds is 4. The van der Waals surface area contributed by atoms with Crippen molar-refractivity contribution in [3.05, 3.63) is 31.8 Å². The Hall–Kier alpha value is -0.310. The first kappa shape index (κ1) is 16.7. The second-order valence-electron chi connectivity index (χ2n) is 3.97. The number of carbonyl (C=O) groups is 1. The lowest BCUT2D eigenvalue weighted by Crippen LogP contribution is -2.39. The molecule has 1 amide bonds. The zero-order valence-corrected chi connectivity index (χ0v) is 13.8. The van der Waals surface area contributed by atoms with Crippen LogP contribution in [0.25, 0.3) is 0 Å². The summed E-state index contributed by atoms with van der Waals surface area (Å²) < 4.78 is 38.7. The van der Waals surface area contributed by atoms with Crippen LogP contribution in [-0.4, -0.2) is 30.1 Å². The Labute approximate surface area is 131 Å². The van der Waals surface area contributed by atoms with E-state index < -0.39 is 18.6 Å². The lowest BCUT2D eigenvalue weighted by atomic mass is 10.2. The number of halogens is 5. The van der Waals surface area contributed by atoms with E-state index in [2.05, 4.69) is 15.9 Å². The smallest absolute Gasteiger partial charge is 0.330 e. The molecule has 0 radical (unpaired) electrons. The van der Waals surface area contributed by atoms with E-state index in [4.69, 9.17) is 0 Å². The summed E-state index contributed by atoms with van der Waals surface area (Å²) in [6.45, 7) is 0.592. The minimum atomic E-state index is -4.39. The average Bonchev–Trinajstić information content (AvgIpc) is 2.29. The SMILES string of the molecule is CCCN(CC(F)(F)F)C(=O)c1cc(I)ccc1Br. The number of carbonyl (C=O) groups excluding carboxylic acids is 1. The van der Waals surface area contributed by atoms with E-state index in [-0.39, 0.29) is 12.1 Å². The summed E-state index contributed by atoms with van der Waals surface area (Å²) in [7, 11) is 0. The van der Waals surface area contributed by atoms with Gasteiger partial charge in [0.15, 0.2) is 0 Å². The van der Waals surface area contributed by atoms with Gasteiger partial charge in [0.25, 0.3) is 5.91 Å². The molecule has 1 aromatic rings. The molecule has 0 aliphatic heterocycles. The van der Waals surface area contributed by atoms with Crippen LogP contribution in [0.15, 0.2) is 22.7 Å². The third kappa shape index (κ3) is 5.29. The number of alkyl halides is 3. The molecule has 0 unspecified atom stereocenters. The van der Waals surface area contributed by atoms with Crippen molar-refractivity contribution in [3.8, 4) is 0 Å². The molecule has 0 fully saturated rings. The first-order chi connectivity index (χ1) is 8.74. The fourth-order valence-corrected chi connectivity index (χ4v) is 2.48. The molecule has 0 aliphatic carbocycles. The topological polar surface area (TPSA) is 20.3 Å². The van der Waals surface area contributed by atoms with E-state index in [0.717, 1.165) is 8.47 Å². The van der Waals surface area contributed by atoms with Crippen LogP contribution in [0, 0.1) is 3.57 Å². The van der Waals surface area contributed by atoms with Crippen molar-refractivity contribution in [1.29, 1.82) is 0 Å². The maximum atomic E-state index is 12.5. The monoisotopic (exact) mass is 449 g/mol. The van der Waals surface area contributed by atoms with Gasteiger partial charge in [-0.15, -0.1) is 0 Å². The Morgan fingerprint density at radius 2 is 2.05 bits per heavy atom. The fourth-order valence-electron chi connectivity index (χ4n) is 1.57. The molecule has 0 atom stereocenters. The molecule has 0 spiro atoms. The third-order valence-electron chi connectivity index (χ3n) is 2.31. The lowest BCUT2D eigenvalue weighted by molar-refractivity contribution is -0.140. The van der Waals surface area contributed by atoms with Crippen molar-refractivity contribution in [2.24, 2.45) is 0 Å². The molecule has 7 heteroatoms. The van der Waals surface area contributed by atoms with Gasteiger partial charge >= 0.3 is 6.18 Å². The molecule has 106 valence electrons. The summed E-state index contributed by atoms with van der Waals surface area (Å²) in [5.41, 5.74) is 0.254. The van der Waals surface area contributed by atoms with Crippen molar-refractivity contribution < 1.29 is 18.0 Å². The Balaban J connectivity index is 3.02. The molecule has 19 heavy (non-hydrogen) atoms. The summed E-state index contributed by atoms with van der Waals surface area (Å²) in [6.07, 6.45) is -3.91. The van der Waals surface area contributed by atoms with E-state index in [1.165, 1.54) is 0 Å². The summed E-state index contributed by atoms with van der Waals surface area (Å²) in [5.74, 6) is -0.607. The van der Waals surface area contributed by atoms with Gasteiger partial charge in [0.05, 0.1) is 5.56 Å². The number of benzene rings is 1. The summed E-state index contributed by atoms with van der Waals surface area (Å²) in [4.78, 5) is 13.0. The van der Waals surface area contributed by atoms with Gasteiger partial charge < -0.3 is 4.90 Å². The summed E-state index contributed by atoms with van der Waals surface area (Å²) >= 11 is 5.21. The second kappa shape index (κ2) is 6.92. The lowest BCUT2D eigenvalue weighted by Gasteiger charge is -2.24. The summed E-state index contributed by atoms with van der Waals surface area (Å²) in [6, 6.07) is 5.01. The zero-order valence-electron chi connectivity index (χ0n) is 10.1. The number of amides is 1. The van der Waals surface area contributed by atoms with Crippen molar-refractivity contribution in [2.75, 3.05) is 13.1 Å². The van der Waals surface area contributed by atoms with Crippen molar-refractivity contribution >= 4 is 44.4 Å². The van der Waals surface area contributed by atoms with Crippen LogP contribution in [0.3, 0.4) is 0 Å². The Morgan fingerprint density at radius 1 is 1.42 bits per heavy atom. The number of hydrogen-bond donors (Lipinski definition) is 0. The zero-order chi connectivity index (χ0) is 14.6. The highest BCUT2D eigenvalue weighted by Gasteiger charge is 2.33. The van der Waals surface area contributed by atoms with Gasteiger partial charge in [0.2, 0.25) is 0 Å². The van der Waals surface area contributed by atoms with Gasteiger partial charge in [0.1, 0.15) is 6.54 Å². The highest BCUT2D eigenvalue weighted by molar-refractivity contribution is 14.1. The van der Waals surface area contributed by atoms with Crippen LogP contribution in [0.5, 0.6) is 0 Å². The fraction of sp³-hybridized carbons (Fsp3) is 0.417. The van der Waals surface area contributed by atoms with E-state index in [0.29, 0.717) is 10.9 Å². The molecule has 1 rings (SSSR count). The van der Waals surface area contributed by atoms with Crippen LogP contribution in [-0.2, 0) is 0 Å². The van der Waals surface area contributed by atoms with Crippen LogP contribution >= 0.6 is 38.5 Å². The van der Waals surface area contributed by atoms with Crippen LogP contribution in [0.2, 0.25) is 0 Å². The van der Waals surface area contributed by atoms with Crippen molar-refractivity contribution in [1.82, 2.24) is 4.90 Å². The van der Waals surface area contributed by atoms with Gasteiger partial charge in [-0.25, -0.2) is 0 Å². The largest absolute Gasteiger partial charge is 0.406 e. The highest BCUT2D eigenvalue weighted by Crippen LogP contribution is 2.23. The Morgan fingerprint density at radius 3 is 2.58 bits per heavy atom. The molecule has 1 aromatic carbocycles. The molecular formula is C12H12BrF3INO. The average molecular weight is 450 g/mol. The van der Waals surface area contributed by atoms with Crippen LogP contribution in [0.4, 0.5) is 13.2 Å². The molecule has 2 nitrogen and oxygen atoms in total. The van der Waals surface area contributed by atoms with Crippen LogP contribution < -0.4 is 0 Å². The minimum Gasteiger partial charge on any atom is -0.330 e. The van der Waals surface area contributed by atoms with Crippen LogP contribution in [0.1, 0.15) is 23.7 Å². The van der Waals surface area contributed by atoms with Gasteiger partial charge in [-0.3, -0.25) is 4.79 Å². The number of nitrogens with zero attached hydrogens (tertiary/aromatic N) is 1. The van der Waals surface area contributed by atoms with Gasteiger partial charge in [-0.2, -0.15) is 13.2 Å². The quantitative estimate of drug-likeness (QED) is 0.621. The van der Waals surface area contributed by atoms with E-state index >= 15 is 0 Å². The summed E-state index contributed by atoms with van der Waals surface area (Å²) in [5, 5.41) is 0. The first-order valence-corrected chi connectivity index (χ1v) is 7.43. The highest BCUT2D eigenvalue weighted by atomic mass is 127. The predicted octanol–water partition coefficient (Wildman–Crippen LogP) is 4.47. The van der Waals surface area contributed by atoms with Gasteiger partial charge in [-0.05, 0) is 63.1 Å². The molecule has 0 bridgehead atoms. The predicted molar refractivity (Wildman–Crippen MR) is 79.1 cm³/mol. The van der Waals surface area contributed by atoms with Crippen molar-refractivity contribution in [3.63, 3.8) is 0 Å². The maximum absolute atomic E-state index is 12.5. The minimum absolute atomic E-state index is 0.0796. The molecule has 0 N–H and O–H groups in total. The molecular weight excluding hydrogens is 438 g/mol.